The van der Waals surface area contributed by atoms with Crippen LogP contribution in [0.3, 0.4) is 0 Å². The monoisotopic (exact) mass is 301 g/mol. The largest absolute Gasteiger partial charge is 0.383 e. The zero-order valence-electron chi connectivity index (χ0n) is 11.9. The first-order valence-corrected chi connectivity index (χ1v) is 7.65. The van der Waals surface area contributed by atoms with Gasteiger partial charge in [-0.05, 0) is 29.5 Å². The Morgan fingerprint density at radius 2 is 2.05 bits per heavy atom. The minimum atomic E-state index is -0.284. The number of rotatable bonds is 3. The summed E-state index contributed by atoms with van der Waals surface area (Å²) in [5.41, 5.74) is 9.27. The smallest absolute Gasteiger partial charge is 0.131 e. The van der Waals surface area contributed by atoms with E-state index in [0.29, 0.717) is 16.9 Å². The van der Waals surface area contributed by atoms with Crippen molar-refractivity contribution in [3.8, 4) is 21.7 Å². The Hall–Kier alpha value is -2.14. The van der Waals surface area contributed by atoms with Gasteiger partial charge in [-0.15, -0.1) is 11.3 Å². The summed E-state index contributed by atoms with van der Waals surface area (Å²) in [5.74, 6) is 0.193. The lowest BCUT2D eigenvalue weighted by Gasteiger charge is -2.05. The van der Waals surface area contributed by atoms with E-state index in [1.165, 1.54) is 11.6 Å². The van der Waals surface area contributed by atoms with Gasteiger partial charge in [-0.25, -0.2) is 4.39 Å². The van der Waals surface area contributed by atoms with Crippen molar-refractivity contribution in [2.24, 2.45) is 7.05 Å². The molecule has 2 aromatic heterocycles. The molecule has 3 nitrogen and oxygen atoms in total. The third kappa shape index (κ3) is 2.23. The van der Waals surface area contributed by atoms with Gasteiger partial charge in [-0.3, -0.25) is 4.68 Å². The molecule has 2 N–H and O–H groups in total. The molecule has 1 aromatic carbocycles. The Labute approximate surface area is 126 Å². The first-order chi connectivity index (χ1) is 10.1. The second-order valence-corrected chi connectivity index (χ2v) is 5.76. The van der Waals surface area contributed by atoms with Crippen molar-refractivity contribution in [1.82, 2.24) is 9.78 Å². The van der Waals surface area contributed by atoms with Gasteiger partial charge in [-0.2, -0.15) is 5.10 Å². The van der Waals surface area contributed by atoms with Gasteiger partial charge in [0.05, 0.1) is 10.4 Å². The second kappa shape index (κ2) is 5.33. The summed E-state index contributed by atoms with van der Waals surface area (Å²) in [4.78, 5) is 1.06. The maximum absolute atomic E-state index is 14.2. The van der Waals surface area contributed by atoms with E-state index in [9.17, 15) is 4.39 Å². The quantitative estimate of drug-likeness (QED) is 0.791. The van der Waals surface area contributed by atoms with Gasteiger partial charge < -0.3 is 5.73 Å². The Balaban J connectivity index is 2.29. The SMILES string of the molecule is CCc1ccsc1-c1nn(C)c(N)c1-c1ccccc1F. The number of thiophene rings is 1. The van der Waals surface area contributed by atoms with Gasteiger partial charge in [0.2, 0.25) is 0 Å². The van der Waals surface area contributed by atoms with Crippen molar-refractivity contribution in [3.63, 3.8) is 0 Å². The molecule has 0 bridgehead atoms. The molecule has 21 heavy (non-hydrogen) atoms. The number of nitrogen functional groups attached to an aromatic ring is 1. The fourth-order valence-electron chi connectivity index (χ4n) is 2.45. The summed E-state index contributed by atoms with van der Waals surface area (Å²) in [7, 11) is 1.78. The maximum Gasteiger partial charge on any atom is 0.131 e. The van der Waals surface area contributed by atoms with Crippen molar-refractivity contribution < 1.29 is 4.39 Å². The molecule has 3 rings (SSSR count). The zero-order chi connectivity index (χ0) is 15.0. The number of anilines is 1. The van der Waals surface area contributed by atoms with Crippen LogP contribution in [-0.2, 0) is 13.5 Å². The number of aryl methyl sites for hydroxylation is 2. The van der Waals surface area contributed by atoms with Gasteiger partial charge in [0.1, 0.15) is 17.3 Å². The fourth-order valence-corrected chi connectivity index (χ4v) is 3.43. The second-order valence-electron chi connectivity index (χ2n) is 4.84. The summed E-state index contributed by atoms with van der Waals surface area (Å²) < 4.78 is 15.8. The standard InChI is InChI=1S/C16H16FN3S/c1-3-10-8-9-21-15(10)14-13(16(18)20(2)19-14)11-6-4-5-7-12(11)17/h4-9H,3,18H2,1-2H3. The number of hydrogen-bond acceptors (Lipinski definition) is 3. The lowest BCUT2D eigenvalue weighted by atomic mass is 10.0. The third-order valence-corrected chi connectivity index (χ3v) is 4.54. The molecular weight excluding hydrogens is 285 g/mol. The van der Waals surface area contributed by atoms with Crippen LogP contribution in [0.4, 0.5) is 10.2 Å². The molecule has 0 spiro atoms. The molecule has 0 unspecified atom stereocenters. The van der Waals surface area contributed by atoms with Gasteiger partial charge in [0, 0.05) is 12.6 Å². The van der Waals surface area contributed by atoms with E-state index in [0.717, 1.165) is 17.0 Å². The fraction of sp³-hybridized carbons (Fsp3) is 0.188. The minimum absolute atomic E-state index is 0.284. The van der Waals surface area contributed by atoms with Crippen LogP contribution in [0, 0.1) is 5.82 Å². The Kier molecular flexibility index (Phi) is 3.51. The Morgan fingerprint density at radius 1 is 1.29 bits per heavy atom. The van der Waals surface area contributed by atoms with Crippen LogP contribution >= 0.6 is 11.3 Å². The van der Waals surface area contributed by atoms with Crippen molar-refractivity contribution in [1.29, 1.82) is 0 Å². The molecular formula is C16H16FN3S. The molecule has 0 aliphatic heterocycles. The highest BCUT2D eigenvalue weighted by molar-refractivity contribution is 7.13. The normalized spacial score (nSPS) is 11.0. The van der Waals surface area contributed by atoms with E-state index in [2.05, 4.69) is 18.1 Å². The van der Waals surface area contributed by atoms with E-state index < -0.39 is 0 Å². The summed E-state index contributed by atoms with van der Waals surface area (Å²) in [5, 5.41) is 6.55. The van der Waals surface area contributed by atoms with E-state index >= 15 is 0 Å². The van der Waals surface area contributed by atoms with Gasteiger partial charge in [0.15, 0.2) is 0 Å². The Bertz CT molecular complexity index is 789. The minimum Gasteiger partial charge on any atom is -0.383 e. The summed E-state index contributed by atoms with van der Waals surface area (Å²) in [6.07, 6.45) is 0.909. The molecule has 0 fully saturated rings. The molecule has 5 heteroatoms. The highest BCUT2D eigenvalue weighted by Crippen LogP contribution is 2.40. The highest BCUT2D eigenvalue weighted by atomic mass is 32.1. The van der Waals surface area contributed by atoms with Crippen LogP contribution < -0.4 is 5.73 Å². The van der Waals surface area contributed by atoms with E-state index in [4.69, 9.17) is 5.73 Å². The Morgan fingerprint density at radius 3 is 2.76 bits per heavy atom. The van der Waals surface area contributed by atoms with Crippen LogP contribution in [0.1, 0.15) is 12.5 Å². The third-order valence-electron chi connectivity index (χ3n) is 3.58. The molecule has 0 radical (unpaired) electrons. The number of aromatic nitrogens is 2. The predicted molar refractivity (Wildman–Crippen MR) is 85.7 cm³/mol. The molecule has 0 atom stereocenters. The lowest BCUT2D eigenvalue weighted by molar-refractivity contribution is 0.631. The van der Waals surface area contributed by atoms with Crippen molar-refractivity contribution in [2.75, 3.05) is 5.73 Å². The van der Waals surface area contributed by atoms with Crippen molar-refractivity contribution in [2.45, 2.75) is 13.3 Å². The molecule has 0 saturated heterocycles. The van der Waals surface area contributed by atoms with Crippen LogP contribution in [0.15, 0.2) is 35.7 Å². The van der Waals surface area contributed by atoms with Gasteiger partial charge >= 0.3 is 0 Å². The summed E-state index contributed by atoms with van der Waals surface area (Å²) >= 11 is 1.61. The van der Waals surface area contributed by atoms with E-state index in [-0.39, 0.29) is 5.82 Å². The number of halogens is 1. The van der Waals surface area contributed by atoms with Crippen LogP contribution in [0.5, 0.6) is 0 Å². The van der Waals surface area contributed by atoms with Crippen LogP contribution in [0.2, 0.25) is 0 Å². The number of nitrogens with zero attached hydrogens (tertiary/aromatic N) is 2. The summed E-state index contributed by atoms with van der Waals surface area (Å²) in [6.45, 7) is 2.10. The average molecular weight is 301 g/mol. The number of nitrogens with two attached hydrogens (primary N) is 1. The predicted octanol–water partition coefficient (Wildman–Crippen LogP) is 4.10. The van der Waals surface area contributed by atoms with Crippen molar-refractivity contribution in [3.05, 3.63) is 47.1 Å². The zero-order valence-corrected chi connectivity index (χ0v) is 12.7. The average Bonchev–Trinajstić information content (AvgIpc) is 3.05. The van der Waals surface area contributed by atoms with Crippen LogP contribution in [-0.4, -0.2) is 9.78 Å². The lowest BCUT2D eigenvalue weighted by Crippen LogP contribution is -1.98. The van der Waals surface area contributed by atoms with E-state index in [1.54, 1.807) is 35.2 Å². The van der Waals surface area contributed by atoms with Gasteiger partial charge in [-0.1, -0.05) is 25.1 Å². The topological polar surface area (TPSA) is 43.8 Å². The molecule has 108 valence electrons. The molecule has 2 heterocycles. The van der Waals surface area contributed by atoms with E-state index in [1.807, 2.05) is 11.4 Å². The molecule has 0 saturated carbocycles. The molecule has 3 aromatic rings. The first kappa shape index (κ1) is 13.8. The summed E-state index contributed by atoms with van der Waals surface area (Å²) in [6, 6.07) is 8.75. The van der Waals surface area contributed by atoms with Crippen molar-refractivity contribution >= 4 is 17.2 Å². The highest BCUT2D eigenvalue weighted by Gasteiger charge is 2.22. The van der Waals surface area contributed by atoms with Gasteiger partial charge in [0.25, 0.3) is 0 Å². The molecule has 0 amide bonds. The van der Waals surface area contributed by atoms with Crippen LogP contribution in [0.25, 0.3) is 21.7 Å². The number of hydrogen-bond donors (Lipinski definition) is 1. The number of benzene rings is 1. The molecule has 0 aliphatic rings. The first-order valence-electron chi connectivity index (χ1n) is 6.77. The molecule has 0 aliphatic carbocycles. The maximum atomic E-state index is 14.2.